The Morgan fingerprint density at radius 3 is 2.67 bits per heavy atom. The van der Waals surface area contributed by atoms with E-state index < -0.39 is 11.5 Å². The third-order valence-electron chi connectivity index (χ3n) is 5.64. The van der Waals surface area contributed by atoms with Gasteiger partial charge in [-0.2, -0.15) is 0 Å². The van der Waals surface area contributed by atoms with Gasteiger partial charge in [-0.1, -0.05) is 12.1 Å². The molecule has 10 nitrogen and oxygen atoms in total. The molecule has 180 valence electrons. The van der Waals surface area contributed by atoms with Crippen LogP contribution in [0.15, 0.2) is 80.8 Å². The van der Waals surface area contributed by atoms with Gasteiger partial charge in [0.2, 0.25) is 5.89 Å². The maximum atomic E-state index is 12.7. The predicted molar refractivity (Wildman–Crippen MR) is 131 cm³/mol. The van der Waals surface area contributed by atoms with Gasteiger partial charge < -0.3 is 19.5 Å². The molecule has 0 fully saturated rings. The van der Waals surface area contributed by atoms with Crippen LogP contribution in [0.1, 0.15) is 37.9 Å². The number of aromatic nitrogens is 3. The second-order valence-corrected chi connectivity index (χ2v) is 8.04. The fraction of sp³-hybridized carbons (Fsp3) is 0.115. The van der Waals surface area contributed by atoms with E-state index >= 15 is 0 Å². The normalized spacial score (nSPS) is 10.9. The lowest BCUT2D eigenvalue weighted by Crippen LogP contribution is -2.31. The van der Waals surface area contributed by atoms with Crippen LogP contribution in [-0.2, 0) is 6.54 Å². The summed E-state index contributed by atoms with van der Waals surface area (Å²) < 4.78 is 12.3. The maximum absolute atomic E-state index is 12.7. The van der Waals surface area contributed by atoms with Crippen LogP contribution in [0.5, 0.6) is 0 Å². The largest absolute Gasteiger partial charge is 0.469 e. The van der Waals surface area contributed by atoms with Crippen LogP contribution >= 0.6 is 0 Å². The molecule has 4 aromatic heterocycles. The topological polar surface area (TPSA) is 132 Å². The lowest BCUT2D eigenvalue weighted by atomic mass is 10.2. The average molecular weight is 483 g/mol. The van der Waals surface area contributed by atoms with Gasteiger partial charge in [-0.3, -0.25) is 18.8 Å². The van der Waals surface area contributed by atoms with Gasteiger partial charge in [0.15, 0.2) is 0 Å². The molecule has 5 rings (SSSR count). The van der Waals surface area contributed by atoms with E-state index in [2.05, 4.69) is 20.6 Å². The first-order chi connectivity index (χ1) is 17.4. The Hall–Kier alpha value is -4.99. The van der Waals surface area contributed by atoms with Crippen LogP contribution in [0.3, 0.4) is 0 Å². The summed E-state index contributed by atoms with van der Waals surface area (Å²) in [5.41, 5.74) is 2.09. The van der Waals surface area contributed by atoms with Crippen LogP contribution < -0.4 is 16.2 Å². The molecule has 0 radical (unpaired) electrons. The number of hydrogen-bond donors (Lipinski definition) is 2. The highest BCUT2D eigenvalue weighted by Gasteiger charge is 2.17. The highest BCUT2D eigenvalue weighted by atomic mass is 16.4. The SMILES string of the molecule is Cc1occc1C(=O)Nc1cccc(-c2nc(CNC(=O)c3cnc4ccccn4c3=O)c(C)o2)c1. The molecule has 1 aromatic carbocycles. The van der Waals surface area contributed by atoms with Crippen molar-refractivity contribution in [3.05, 3.63) is 106 Å². The summed E-state index contributed by atoms with van der Waals surface area (Å²) in [6, 6.07) is 13.8. The van der Waals surface area contributed by atoms with Crippen molar-refractivity contribution in [1.29, 1.82) is 0 Å². The second kappa shape index (κ2) is 9.34. The molecule has 0 saturated heterocycles. The number of rotatable bonds is 6. The van der Waals surface area contributed by atoms with Crippen LogP contribution in [0.4, 0.5) is 5.69 Å². The zero-order chi connectivity index (χ0) is 25.2. The number of nitrogens with zero attached hydrogens (tertiary/aromatic N) is 3. The number of nitrogens with one attached hydrogen (secondary N) is 2. The molecular formula is C26H21N5O5. The first kappa shape index (κ1) is 22.8. The molecule has 0 unspecified atom stereocenters. The smallest absolute Gasteiger partial charge is 0.270 e. The number of hydrogen-bond acceptors (Lipinski definition) is 7. The van der Waals surface area contributed by atoms with Crippen LogP contribution in [0.2, 0.25) is 0 Å². The van der Waals surface area contributed by atoms with Gasteiger partial charge in [-0.05, 0) is 50.2 Å². The van der Waals surface area contributed by atoms with Crippen molar-refractivity contribution >= 4 is 23.1 Å². The molecule has 0 bridgehead atoms. The first-order valence-corrected chi connectivity index (χ1v) is 11.1. The number of anilines is 1. The summed E-state index contributed by atoms with van der Waals surface area (Å²) in [6.07, 6.45) is 4.28. The molecule has 0 atom stereocenters. The van der Waals surface area contributed by atoms with Gasteiger partial charge in [0, 0.05) is 23.6 Å². The van der Waals surface area contributed by atoms with E-state index in [1.54, 1.807) is 68.6 Å². The lowest BCUT2D eigenvalue weighted by Gasteiger charge is -2.05. The predicted octanol–water partition coefficient (Wildman–Crippen LogP) is 3.74. The number of furan rings is 1. The van der Waals surface area contributed by atoms with Crippen molar-refractivity contribution in [1.82, 2.24) is 19.7 Å². The van der Waals surface area contributed by atoms with Crippen molar-refractivity contribution in [2.75, 3.05) is 5.32 Å². The highest BCUT2D eigenvalue weighted by molar-refractivity contribution is 6.05. The van der Waals surface area contributed by atoms with Crippen molar-refractivity contribution in [2.45, 2.75) is 20.4 Å². The van der Waals surface area contributed by atoms with E-state index in [4.69, 9.17) is 8.83 Å². The molecule has 0 aliphatic heterocycles. The van der Waals surface area contributed by atoms with Crippen LogP contribution in [0.25, 0.3) is 17.1 Å². The molecule has 2 N–H and O–H groups in total. The van der Waals surface area contributed by atoms with Crippen LogP contribution in [-0.4, -0.2) is 26.2 Å². The fourth-order valence-corrected chi connectivity index (χ4v) is 3.71. The molecule has 4 heterocycles. The molecule has 2 amide bonds. The minimum Gasteiger partial charge on any atom is -0.469 e. The number of fused-ring (bicyclic) bond motifs is 1. The Labute approximate surface area is 204 Å². The molecule has 0 aliphatic carbocycles. The number of carbonyl (C=O) groups is 2. The quantitative estimate of drug-likeness (QED) is 0.376. The Morgan fingerprint density at radius 2 is 1.86 bits per heavy atom. The van der Waals surface area contributed by atoms with E-state index in [0.717, 1.165) is 0 Å². The molecule has 5 aromatic rings. The monoisotopic (exact) mass is 483 g/mol. The molecule has 0 spiro atoms. The molecular weight excluding hydrogens is 462 g/mol. The Bertz CT molecular complexity index is 1660. The standard InChI is InChI=1S/C26H21N5O5/c1-15-19(9-11-35-15)24(33)29-18-7-5-6-17(12-18)25-30-21(16(2)36-25)14-28-23(32)20-13-27-22-8-3-4-10-31(22)26(20)34/h3-13H,14H2,1-2H3,(H,28,32)(H,29,33). The van der Waals surface area contributed by atoms with Gasteiger partial charge in [0.05, 0.1) is 18.4 Å². The van der Waals surface area contributed by atoms with Gasteiger partial charge >= 0.3 is 0 Å². The zero-order valence-corrected chi connectivity index (χ0v) is 19.4. The van der Waals surface area contributed by atoms with Gasteiger partial charge in [0.25, 0.3) is 17.4 Å². The molecule has 36 heavy (non-hydrogen) atoms. The molecule has 10 heteroatoms. The van der Waals surface area contributed by atoms with Crippen LogP contribution in [0, 0.1) is 13.8 Å². The highest BCUT2D eigenvalue weighted by Crippen LogP contribution is 2.25. The summed E-state index contributed by atoms with van der Waals surface area (Å²) in [6.45, 7) is 3.51. The number of amides is 2. The Balaban J connectivity index is 1.30. The minimum absolute atomic E-state index is 0.0568. The Kier molecular flexibility index (Phi) is 5.91. The third-order valence-corrected chi connectivity index (χ3v) is 5.64. The van der Waals surface area contributed by atoms with E-state index in [9.17, 15) is 14.4 Å². The van der Waals surface area contributed by atoms with Crippen molar-refractivity contribution in [3.8, 4) is 11.5 Å². The van der Waals surface area contributed by atoms with Crippen molar-refractivity contribution < 1.29 is 18.4 Å². The van der Waals surface area contributed by atoms with Crippen molar-refractivity contribution in [3.63, 3.8) is 0 Å². The van der Waals surface area contributed by atoms with Crippen molar-refractivity contribution in [2.24, 2.45) is 0 Å². The van der Waals surface area contributed by atoms with Gasteiger partial charge in [0.1, 0.15) is 28.4 Å². The van der Waals surface area contributed by atoms with Gasteiger partial charge in [-0.25, -0.2) is 9.97 Å². The summed E-state index contributed by atoms with van der Waals surface area (Å²) in [5, 5.41) is 5.53. The number of oxazole rings is 1. The summed E-state index contributed by atoms with van der Waals surface area (Å²) in [7, 11) is 0. The van der Waals surface area contributed by atoms with Gasteiger partial charge in [-0.15, -0.1) is 0 Å². The minimum atomic E-state index is -0.561. The van der Waals surface area contributed by atoms with E-state index in [1.165, 1.54) is 16.9 Å². The van der Waals surface area contributed by atoms with E-state index in [0.29, 0.717) is 45.6 Å². The molecule has 0 aliphatic rings. The maximum Gasteiger partial charge on any atom is 0.270 e. The number of carbonyl (C=O) groups excluding carboxylic acids is 2. The molecule has 0 saturated carbocycles. The number of benzene rings is 1. The number of pyridine rings is 1. The fourth-order valence-electron chi connectivity index (χ4n) is 3.71. The van der Waals surface area contributed by atoms with E-state index in [-0.39, 0.29) is 18.0 Å². The average Bonchev–Trinajstić information content (AvgIpc) is 3.48. The second-order valence-electron chi connectivity index (χ2n) is 8.04. The van der Waals surface area contributed by atoms with E-state index in [1.807, 2.05) is 0 Å². The summed E-state index contributed by atoms with van der Waals surface area (Å²) in [5.74, 6) is 0.529. The first-order valence-electron chi connectivity index (χ1n) is 11.1. The lowest BCUT2D eigenvalue weighted by molar-refractivity contribution is 0.0947. The summed E-state index contributed by atoms with van der Waals surface area (Å²) >= 11 is 0. The number of aryl methyl sites for hydroxylation is 2. The Morgan fingerprint density at radius 1 is 1.00 bits per heavy atom. The third kappa shape index (κ3) is 4.39. The summed E-state index contributed by atoms with van der Waals surface area (Å²) in [4.78, 5) is 46.4. The zero-order valence-electron chi connectivity index (χ0n) is 19.4.